The Morgan fingerprint density at radius 1 is 1.36 bits per heavy atom. The van der Waals surface area contributed by atoms with E-state index >= 15 is 0 Å². The van der Waals surface area contributed by atoms with Crippen LogP contribution in [0.1, 0.15) is 24.6 Å². The molecular weight excluding hydrogens is 397 g/mol. The Morgan fingerprint density at radius 2 is 2.14 bits per heavy atom. The second kappa shape index (κ2) is 8.24. The van der Waals surface area contributed by atoms with Crippen molar-refractivity contribution in [1.29, 1.82) is 0 Å². The van der Waals surface area contributed by atoms with Crippen molar-refractivity contribution in [3.63, 3.8) is 0 Å². The second-order valence-electron chi connectivity index (χ2n) is 6.40. The quantitative estimate of drug-likeness (QED) is 0.438. The number of carbonyl (C=O) groups excluding carboxylic acids is 1. The number of thioether (sulfide) groups is 1. The van der Waals surface area contributed by atoms with Crippen LogP contribution in [0, 0.1) is 5.82 Å². The first-order valence-electron chi connectivity index (χ1n) is 8.82. The lowest BCUT2D eigenvalue weighted by atomic mass is 10.2. The van der Waals surface area contributed by atoms with Crippen LogP contribution in [-0.4, -0.2) is 31.4 Å². The number of thiazole rings is 1. The largest absolute Gasteiger partial charge is 0.302 e. The first kappa shape index (κ1) is 18.8. The smallest absolute Gasteiger partial charge is 0.236 e. The topological polar surface area (TPSA) is 72.7 Å². The predicted octanol–water partition coefficient (Wildman–Crippen LogP) is 4.33. The molecule has 2 heterocycles. The fourth-order valence-corrected chi connectivity index (χ4v) is 4.21. The fraction of sp³-hybridized carbons (Fsp3) is 0.263. The molecule has 4 rings (SSSR count). The molecule has 0 aliphatic heterocycles. The van der Waals surface area contributed by atoms with E-state index in [1.54, 1.807) is 12.1 Å². The van der Waals surface area contributed by atoms with Gasteiger partial charge in [-0.15, -0.1) is 28.1 Å². The molecule has 9 heteroatoms. The molecule has 144 valence electrons. The number of carbonyl (C=O) groups is 1. The molecule has 0 saturated heterocycles. The van der Waals surface area contributed by atoms with Gasteiger partial charge >= 0.3 is 0 Å². The van der Waals surface area contributed by atoms with Gasteiger partial charge in [0, 0.05) is 23.4 Å². The Morgan fingerprint density at radius 3 is 2.86 bits per heavy atom. The van der Waals surface area contributed by atoms with Gasteiger partial charge in [-0.3, -0.25) is 4.79 Å². The number of anilines is 1. The van der Waals surface area contributed by atoms with Gasteiger partial charge in [-0.05, 0) is 37.1 Å². The third-order valence-corrected chi connectivity index (χ3v) is 5.95. The van der Waals surface area contributed by atoms with E-state index in [0.29, 0.717) is 23.3 Å². The van der Waals surface area contributed by atoms with Gasteiger partial charge in [0.15, 0.2) is 10.3 Å². The molecule has 2 aromatic heterocycles. The Labute approximate surface area is 169 Å². The highest BCUT2D eigenvalue weighted by Crippen LogP contribution is 2.40. The standard InChI is InChI=1S/C19H18FN5OS2/c1-2-9-25-17(13-3-4-13)23-24-19(25)28-11-16(26)22-18-21-15(10-27-18)12-5-7-14(20)8-6-12/h2,5-8,10,13H,1,3-4,9,11H2,(H,21,22,26). The van der Waals surface area contributed by atoms with Crippen LogP contribution in [0.3, 0.4) is 0 Å². The second-order valence-corrected chi connectivity index (χ2v) is 8.20. The van der Waals surface area contributed by atoms with E-state index < -0.39 is 0 Å². The maximum atomic E-state index is 13.0. The lowest BCUT2D eigenvalue weighted by Crippen LogP contribution is -2.14. The molecule has 3 aromatic rings. The van der Waals surface area contributed by atoms with E-state index in [4.69, 9.17) is 0 Å². The Balaban J connectivity index is 1.36. The first-order chi connectivity index (χ1) is 13.6. The summed E-state index contributed by atoms with van der Waals surface area (Å²) in [5.41, 5.74) is 1.51. The summed E-state index contributed by atoms with van der Waals surface area (Å²) in [6.45, 7) is 4.42. The highest BCUT2D eigenvalue weighted by atomic mass is 32.2. The van der Waals surface area contributed by atoms with Crippen molar-refractivity contribution >= 4 is 34.1 Å². The summed E-state index contributed by atoms with van der Waals surface area (Å²) in [5.74, 6) is 1.22. The van der Waals surface area contributed by atoms with Gasteiger partial charge < -0.3 is 9.88 Å². The fourth-order valence-electron chi connectivity index (χ4n) is 2.72. The number of nitrogens with zero attached hydrogens (tertiary/aromatic N) is 4. The summed E-state index contributed by atoms with van der Waals surface area (Å²) < 4.78 is 15.1. The summed E-state index contributed by atoms with van der Waals surface area (Å²) in [6, 6.07) is 6.10. The summed E-state index contributed by atoms with van der Waals surface area (Å²) in [4.78, 5) is 16.7. The molecule has 0 atom stereocenters. The highest BCUT2D eigenvalue weighted by molar-refractivity contribution is 7.99. The van der Waals surface area contributed by atoms with Gasteiger partial charge in [-0.25, -0.2) is 9.37 Å². The third-order valence-electron chi connectivity index (χ3n) is 4.22. The van der Waals surface area contributed by atoms with E-state index in [0.717, 1.165) is 29.4 Å². The predicted molar refractivity (Wildman–Crippen MR) is 109 cm³/mol. The molecule has 1 aliphatic rings. The molecule has 0 spiro atoms. The number of hydrogen-bond donors (Lipinski definition) is 1. The van der Waals surface area contributed by atoms with Crippen LogP contribution in [0.4, 0.5) is 9.52 Å². The van der Waals surface area contributed by atoms with Crippen molar-refractivity contribution in [2.75, 3.05) is 11.1 Å². The van der Waals surface area contributed by atoms with Crippen molar-refractivity contribution in [3.05, 3.63) is 53.9 Å². The number of allylic oxidation sites excluding steroid dienone is 1. The number of rotatable bonds is 8. The van der Waals surface area contributed by atoms with Gasteiger partial charge in [-0.2, -0.15) is 0 Å². The monoisotopic (exact) mass is 415 g/mol. The van der Waals surface area contributed by atoms with Crippen molar-refractivity contribution in [1.82, 2.24) is 19.7 Å². The van der Waals surface area contributed by atoms with E-state index in [2.05, 4.69) is 27.1 Å². The lowest BCUT2D eigenvalue weighted by Gasteiger charge is -2.06. The van der Waals surface area contributed by atoms with Crippen LogP contribution >= 0.6 is 23.1 Å². The number of hydrogen-bond acceptors (Lipinski definition) is 6. The van der Waals surface area contributed by atoms with Crippen LogP contribution in [0.2, 0.25) is 0 Å². The zero-order valence-corrected chi connectivity index (χ0v) is 16.6. The minimum absolute atomic E-state index is 0.161. The zero-order valence-electron chi connectivity index (χ0n) is 15.0. The van der Waals surface area contributed by atoms with E-state index in [9.17, 15) is 9.18 Å². The van der Waals surface area contributed by atoms with Crippen molar-refractivity contribution < 1.29 is 9.18 Å². The Bertz CT molecular complexity index is 994. The average Bonchev–Trinajstić information content (AvgIpc) is 3.30. The Kier molecular flexibility index (Phi) is 5.54. The lowest BCUT2D eigenvalue weighted by molar-refractivity contribution is -0.113. The minimum atomic E-state index is -0.293. The minimum Gasteiger partial charge on any atom is -0.302 e. The molecule has 1 N–H and O–H groups in total. The average molecular weight is 416 g/mol. The first-order valence-corrected chi connectivity index (χ1v) is 10.7. The molecular formula is C19H18FN5OS2. The summed E-state index contributed by atoms with van der Waals surface area (Å²) in [6.07, 6.45) is 4.09. The maximum Gasteiger partial charge on any atom is 0.236 e. The van der Waals surface area contributed by atoms with Crippen molar-refractivity contribution in [2.45, 2.75) is 30.5 Å². The molecule has 0 bridgehead atoms. The summed E-state index contributed by atoms with van der Waals surface area (Å²) in [5, 5.41) is 14.4. The molecule has 0 radical (unpaired) electrons. The summed E-state index contributed by atoms with van der Waals surface area (Å²) in [7, 11) is 0. The molecule has 1 aromatic carbocycles. The van der Waals surface area contributed by atoms with E-state index in [1.165, 1.54) is 35.2 Å². The molecule has 0 unspecified atom stereocenters. The molecule has 1 amide bonds. The number of benzene rings is 1. The van der Waals surface area contributed by atoms with E-state index in [1.807, 2.05) is 16.0 Å². The van der Waals surface area contributed by atoms with Gasteiger partial charge in [0.05, 0.1) is 11.4 Å². The maximum absolute atomic E-state index is 13.0. The molecule has 1 fully saturated rings. The van der Waals surface area contributed by atoms with Crippen LogP contribution in [0.25, 0.3) is 11.3 Å². The van der Waals surface area contributed by atoms with Crippen LogP contribution in [0.5, 0.6) is 0 Å². The number of nitrogens with one attached hydrogen (secondary N) is 1. The Hall–Kier alpha value is -2.52. The van der Waals surface area contributed by atoms with Gasteiger partial charge in [-0.1, -0.05) is 17.8 Å². The van der Waals surface area contributed by atoms with Crippen molar-refractivity contribution in [2.24, 2.45) is 0 Å². The SMILES string of the molecule is C=CCn1c(SCC(=O)Nc2nc(-c3ccc(F)cc3)cs2)nnc1C1CC1. The van der Waals surface area contributed by atoms with Crippen LogP contribution in [0.15, 0.2) is 47.5 Å². The number of amides is 1. The van der Waals surface area contributed by atoms with Gasteiger partial charge in [0.1, 0.15) is 11.6 Å². The zero-order chi connectivity index (χ0) is 19.5. The summed E-state index contributed by atoms with van der Waals surface area (Å²) >= 11 is 2.68. The van der Waals surface area contributed by atoms with Crippen molar-refractivity contribution in [3.8, 4) is 11.3 Å². The number of halogens is 1. The molecule has 1 saturated carbocycles. The van der Waals surface area contributed by atoms with E-state index in [-0.39, 0.29) is 17.5 Å². The molecule has 1 aliphatic carbocycles. The van der Waals surface area contributed by atoms with Crippen LogP contribution in [-0.2, 0) is 11.3 Å². The van der Waals surface area contributed by atoms with Gasteiger partial charge in [0.25, 0.3) is 0 Å². The van der Waals surface area contributed by atoms with Crippen LogP contribution < -0.4 is 5.32 Å². The normalized spacial score (nSPS) is 13.5. The van der Waals surface area contributed by atoms with Gasteiger partial charge in [0.2, 0.25) is 5.91 Å². The highest BCUT2D eigenvalue weighted by Gasteiger charge is 2.30. The molecule has 6 nitrogen and oxygen atoms in total. The third kappa shape index (κ3) is 4.31. The number of aromatic nitrogens is 4. The molecule has 28 heavy (non-hydrogen) atoms.